The summed E-state index contributed by atoms with van der Waals surface area (Å²) in [4.78, 5) is 15.6. The molecule has 0 radical (unpaired) electrons. The summed E-state index contributed by atoms with van der Waals surface area (Å²) in [5.74, 6) is -0.0501. The van der Waals surface area contributed by atoms with Crippen molar-refractivity contribution in [2.45, 2.75) is 26.6 Å². The number of aromatic hydroxyl groups is 1. The highest BCUT2D eigenvalue weighted by Gasteiger charge is 2.30. The lowest BCUT2D eigenvalue weighted by Gasteiger charge is -2.06. The number of aliphatic imine (C=N–C) groups is 1. The van der Waals surface area contributed by atoms with Gasteiger partial charge < -0.3 is 5.11 Å². The van der Waals surface area contributed by atoms with Gasteiger partial charge in [-0.15, -0.1) is 0 Å². The van der Waals surface area contributed by atoms with Gasteiger partial charge >= 0.3 is 11.0 Å². The zero-order valence-electron chi connectivity index (χ0n) is 12.5. The predicted molar refractivity (Wildman–Crippen MR) is 83.8 cm³/mol. The first-order valence-electron chi connectivity index (χ1n) is 6.82. The Kier molecular flexibility index (Phi) is 4.93. The number of hydrogen-bond acceptors (Lipinski definition) is 4. The summed E-state index contributed by atoms with van der Waals surface area (Å²) in [5, 5.41) is 10.0. The first-order chi connectivity index (χ1) is 10.7. The topological polar surface area (TPSA) is 54.6 Å². The molecule has 1 heterocycles. The zero-order valence-corrected chi connectivity index (χ0v) is 13.3. The maximum atomic E-state index is 12.6. The van der Waals surface area contributed by atoms with Crippen molar-refractivity contribution in [2.24, 2.45) is 10.9 Å². The molecule has 124 valence electrons. The summed E-state index contributed by atoms with van der Waals surface area (Å²) >= 11 is 0.798. The molecule has 2 aromatic rings. The average Bonchev–Trinajstić information content (AvgIpc) is 2.72. The lowest BCUT2D eigenvalue weighted by Crippen LogP contribution is -2.15. The summed E-state index contributed by atoms with van der Waals surface area (Å²) < 4.78 is 39.1. The van der Waals surface area contributed by atoms with Gasteiger partial charge in [-0.05, 0) is 24.1 Å². The van der Waals surface area contributed by atoms with Crippen molar-refractivity contribution in [1.82, 2.24) is 4.57 Å². The summed E-state index contributed by atoms with van der Waals surface area (Å²) in [7, 11) is 0. The third-order valence-electron chi connectivity index (χ3n) is 2.95. The molecular weight excluding hydrogens is 329 g/mol. The van der Waals surface area contributed by atoms with Crippen molar-refractivity contribution >= 4 is 23.2 Å². The molecule has 0 saturated heterocycles. The molecule has 0 saturated carbocycles. The molecule has 0 atom stereocenters. The molecule has 0 bridgehead atoms. The minimum atomic E-state index is -4.45. The number of benzene rings is 1. The average molecular weight is 344 g/mol. The molecule has 1 N–H and O–H groups in total. The van der Waals surface area contributed by atoms with Crippen LogP contribution in [0.2, 0.25) is 0 Å². The van der Waals surface area contributed by atoms with E-state index in [1.807, 2.05) is 13.8 Å². The van der Waals surface area contributed by atoms with Crippen LogP contribution in [0.3, 0.4) is 0 Å². The van der Waals surface area contributed by atoms with Crippen molar-refractivity contribution < 1.29 is 18.3 Å². The quantitative estimate of drug-likeness (QED) is 0.851. The Labute approximate surface area is 134 Å². The van der Waals surface area contributed by atoms with Crippen molar-refractivity contribution in [1.29, 1.82) is 0 Å². The SMILES string of the molecule is CC(C)Cn1c(O)c(C=Nc2cccc(C(F)(F)F)c2)sc1=O. The van der Waals surface area contributed by atoms with Gasteiger partial charge in [0.1, 0.15) is 4.88 Å². The van der Waals surface area contributed by atoms with Crippen molar-refractivity contribution in [3.05, 3.63) is 44.4 Å². The first-order valence-corrected chi connectivity index (χ1v) is 7.64. The van der Waals surface area contributed by atoms with E-state index in [9.17, 15) is 23.1 Å². The van der Waals surface area contributed by atoms with E-state index in [0.29, 0.717) is 6.54 Å². The fourth-order valence-corrected chi connectivity index (χ4v) is 2.69. The Bertz CT molecular complexity index is 776. The normalized spacial score (nSPS) is 12.4. The number of rotatable bonds is 4. The van der Waals surface area contributed by atoms with Gasteiger partial charge in [0.2, 0.25) is 5.88 Å². The van der Waals surface area contributed by atoms with E-state index in [1.54, 1.807) is 0 Å². The number of aromatic nitrogens is 1. The Hall–Kier alpha value is -2.09. The minimum absolute atomic E-state index is 0.0930. The molecule has 0 unspecified atom stereocenters. The Balaban J connectivity index is 2.29. The molecule has 23 heavy (non-hydrogen) atoms. The van der Waals surface area contributed by atoms with Gasteiger partial charge in [-0.3, -0.25) is 14.4 Å². The van der Waals surface area contributed by atoms with Gasteiger partial charge in [-0.1, -0.05) is 31.3 Å². The molecule has 4 nitrogen and oxygen atoms in total. The molecule has 1 aromatic heterocycles. The third-order valence-corrected chi connectivity index (χ3v) is 3.85. The highest BCUT2D eigenvalue weighted by molar-refractivity contribution is 7.11. The van der Waals surface area contributed by atoms with Gasteiger partial charge in [0, 0.05) is 6.54 Å². The van der Waals surface area contributed by atoms with Crippen LogP contribution in [0.5, 0.6) is 5.88 Å². The molecule has 8 heteroatoms. The van der Waals surface area contributed by atoms with E-state index in [0.717, 1.165) is 23.5 Å². The fraction of sp³-hybridized carbons (Fsp3) is 0.333. The van der Waals surface area contributed by atoms with Gasteiger partial charge in [0.25, 0.3) is 0 Å². The maximum absolute atomic E-state index is 12.6. The fourth-order valence-electron chi connectivity index (χ4n) is 1.92. The summed E-state index contributed by atoms with van der Waals surface area (Å²) in [6.07, 6.45) is -3.24. The number of nitrogens with zero attached hydrogens (tertiary/aromatic N) is 2. The Morgan fingerprint density at radius 1 is 1.39 bits per heavy atom. The maximum Gasteiger partial charge on any atom is 0.416 e. The van der Waals surface area contributed by atoms with Crippen LogP contribution in [0.15, 0.2) is 34.1 Å². The van der Waals surface area contributed by atoms with E-state index in [1.165, 1.54) is 22.9 Å². The van der Waals surface area contributed by atoms with Crippen LogP contribution < -0.4 is 4.87 Å². The number of alkyl halides is 3. The second-order valence-electron chi connectivity index (χ2n) is 5.37. The molecule has 0 spiro atoms. The van der Waals surface area contributed by atoms with E-state index < -0.39 is 11.7 Å². The first kappa shape index (κ1) is 17.3. The lowest BCUT2D eigenvalue weighted by molar-refractivity contribution is -0.137. The minimum Gasteiger partial charge on any atom is -0.493 e. The lowest BCUT2D eigenvalue weighted by atomic mass is 10.2. The van der Waals surface area contributed by atoms with Crippen molar-refractivity contribution in [2.75, 3.05) is 0 Å². The van der Waals surface area contributed by atoms with Crippen LogP contribution in [0.1, 0.15) is 24.3 Å². The van der Waals surface area contributed by atoms with Gasteiger partial charge in [-0.2, -0.15) is 13.2 Å². The number of thiazole rings is 1. The zero-order chi connectivity index (χ0) is 17.2. The highest BCUT2D eigenvalue weighted by Crippen LogP contribution is 2.31. The molecule has 0 aliphatic rings. The standard InChI is InChI=1S/C15H15F3N2O2S/c1-9(2)8-20-13(21)12(23-14(20)22)7-19-11-5-3-4-10(6-11)15(16,17)18/h3-7,9,21H,8H2,1-2H3. The molecule has 0 fully saturated rings. The monoisotopic (exact) mass is 344 g/mol. The highest BCUT2D eigenvalue weighted by atomic mass is 32.1. The second-order valence-corrected chi connectivity index (χ2v) is 6.36. The van der Waals surface area contributed by atoms with Crippen LogP contribution in [-0.2, 0) is 12.7 Å². The van der Waals surface area contributed by atoms with E-state index >= 15 is 0 Å². The molecule has 0 aliphatic carbocycles. The van der Waals surface area contributed by atoms with Crippen LogP contribution in [0.4, 0.5) is 18.9 Å². The second kappa shape index (κ2) is 6.57. The Morgan fingerprint density at radius 2 is 2.09 bits per heavy atom. The smallest absolute Gasteiger partial charge is 0.416 e. The van der Waals surface area contributed by atoms with E-state index in [-0.39, 0.29) is 27.2 Å². The largest absolute Gasteiger partial charge is 0.493 e. The molecule has 1 aromatic carbocycles. The number of hydrogen-bond donors (Lipinski definition) is 1. The summed E-state index contributed by atoms with van der Waals surface area (Å²) in [6.45, 7) is 4.17. The third kappa shape index (κ3) is 4.22. The molecule has 0 aliphatic heterocycles. The van der Waals surface area contributed by atoms with Crippen molar-refractivity contribution in [3.63, 3.8) is 0 Å². The van der Waals surface area contributed by atoms with Crippen LogP contribution in [0, 0.1) is 5.92 Å². The summed E-state index contributed by atoms with van der Waals surface area (Å²) in [5.41, 5.74) is -0.711. The van der Waals surface area contributed by atoms with Gasteiger partial charge in [0.05, 0.1) is 17.5 Å². The number of halogens is 3. The van der Waals surface area contributed by atoms with Crippen LogP contribution in [0.25, 0.3) is 0 Å². The molecule has 0 amide bonds. The van der Waals surface area contributed by atoms with Crippen LogP contribution in [-0.4, -0.2) is 15.9 Å². The molecule has 2 rings (SSSR count). The van der Waals surface area contributed by atoms with Crippen LogP contribution >= 0.6 is 11.3 Å². The predicted octanol–water partition coefficient (Wildman–Crippen LogP) is 4.04. The van der Waals surface area contributed by atoms with Gasteiger partial charge in [0.15, 0.2) is 0 Å². The molecular formula is C15H15F3N2O2S. The Morgan fingerprint density at radius 3 is 2.70 bits per heavy atom. The van der Waals surface area contributed by atoms with E-state index in [2.05, 4.69) is 4.99 Å². The van der Waals surface area contributed by atoms with E-state index in [4.69, 9.17) is 0 Å². The van der Waals surface area contributed by atoms with Crippen molar-refractivity contribution in [3.8, 4) is 5.88 Å². The van der Waals surface area contributed by atoms with Gasteiger partial charge in [-0.25, -0.2) is 0 Å². The summed E-state index contributed by atoms with van der Waals surface area (Å²) in [6, 6.07) is 4.52.